The van der Waals surface area contributed by atoms with Crippen molar-refractivity contribution >= 4 is 17.4 Å². The number of carbonyl (C=O) groups is 1. The molecule has 2 aromatic heterocycles. The third-order valence-electron chi connectivity index (χ3n) is 8.68. The Morgan fingerprint density at radius 1 is 1.15 bits per heavy atom. The Hall–Kier alpha value is -3.47. The summed E-state index contributed by atoms with van der Waals surface area (Å²) >= 11 is 0. The van der Waals surface area contributed by atoms with Gasteiger partial charge in [0.1, 0.15) is 11.6 Å². The molecule has 1 saturated heterocycles. The van der Waals surface area contributed by atoms with E-state index in [9.17, 15) is 9.90 Å². The molecule has 2 atom stereocenters. The van der Waals surface area contributed by atoms with Crippen LogP contribution in [0, 0.1) is 13.8 Å². The first kappa shape index (κ1) is 37.4. The second kappa shape index (κ2) is 16.3. The number of piperidine rings is 1. The number of rotatable bonds is 17. The fourth-order valence-electron chi connectivity index (χ4n) is 6.14. The number of anilines is 1. The van der Waals surface area contributed by atoms with Crippen molar-refractivity contribution in [3.8, 4) is 5.75 Å². The summed E-state index contributed by atoms with van der Waals surface area (Å²) in [6.07, 6.45) is 6.37. The number of unbranched alkanes of at least 4 members (excludes halogenated alkanes) is 2. The van der Waals surface area contributed by atoms with Gasteiger partial charge in [-0.3, -0.25) is 0 Å². The number of nitrogens with zero attached hydrogens (tertiary/aromatic N) is 4. The predicted octanol–water partition coefficient (Wildman–Crippen LogP) is 7.91. The first-order valence-electron chi connectivity index (χ1n) is 17.4. The molecule has 0 radical (unpaired) electrons. The van der Waals surface area contributed by atoms with Gasteiger partial charge in [0, 0.05) is 43.4 Å². The van der Waals surface area contributed by atoms with Crippen LogP contribution in [0.25, 0.3) is 5.65 Å². The summed E-state index contributed by atoms with van der Waals surface area (Å²) in [5.41, 5.74) is 3.60. The quantitative estimate of drug-likeness (QED) is 0.114. The summed E-state index contributed by atoms with van der Waals surface area (Å²) < 4.78 is 26.7. The standard InChI is InChI=1S/C38H56N4O6/c1-10-12-13-21-46-38(9)17-19-41(20-18-38)35-33(34(36(43)44)48-37(6,7)8)28(5)39-32-23-30(40-42(32)35)25-45-24-29-22-26(3)15-16-31(29)47-27(4)14-11-2/h11,15-16,22-23,27,34H,2,10,12-14,17-21,24-25H2,1,3-9H3,(H,43,44)/t27-,34-/m0/s1. The molecule has 0 amide bonds. The maximum absolute atomic E-state index is 12.8. The SMILES string of the molecule is C=CC[C@H](C)Oc1ccc(C)cc1COCc1cc2nc(C)c([C@H](OC(C)(C)C)C(=O)O)c(N3CCC(C)(OCCCCC)CC3)n2n1. The number of hydrogen-bond donors (Lipinski definition) is 1. The molecule has 0 aliphatic carbocycles. The molecule has 0 saturated carbocycles. The van der Waals surface area contributed by atoms with E-state index in [4.69, 9.17) is 29.0 Å². The summed E-state index contributed by atoms with van der Waals surface area (Å²) in [5, 5.41) is 15.4. The summed E-state index contributed by atoms with van der Waals surface area (Å²) in [4.78, 5) is 19.8. The average Bonchev–Trinajstić information content (AvgIpc) is 3.41. The lowest BCUT2D eigenvalue weighted by Gasteiger charge is -2.41. The van der Waals surface area contributed by atoms with Crippen molar-refractivity contribution in [3.63, 3.8) is 0 Å². The van der Waals surface area contributed by atoms with Gasteiger partial charge in [0.15, 0.2) is 11.8 Å². The zero-order chi connectivity index (χ0) is 35.1. The molecule has 1 fully saturated rings. The summed E-state index contributed by atoms with van der Waals surface area (Å²) in [5.74, 6) is 0.420. The van der Waals surface area contributed by atoms with Crippen LogP contribution < -0.4 is 9.64 Å². The molecule has 48 heavy (non-hydrogen) atoms. The van der Waals surface area contributed by atoms with Crippen LogP contribution in [-0.2, 0) is 32.2 Å². The minimum absolute atomic E-state index is 0.00138. The Morgan fingerprint density at radius 3 is 2.52 bits per heavy atom. The van der Waals surface area contributed by atoms with Gasteiger partial charge in [-0.2, -0.15) is 9.61 Å². The highest BCUT2D eigenvalue weighted by atomic mass is 16.5. The molecule has 4 rings (SSSR count). The Balaban J connectivity index is 1.64. The lowest BCUT2D eigenvalue weighted by molar-refractivity contribution is -0.160. The fraction of sp³-hybridized carbons (Fsp3) is 0.605. The molecule has 0 spiro atoms. The Bertz CT molecular complexity index is 1540. The van der Waals surface area contributed by atoms with Crippen LogP contribution in [0.15, 0.2) is 36.9 Å². The number of aliphatic carboxylic acids is 1. The van der Waals surface area contributed by atoms with Gasteiger partial charge in [0.25, 0.3) is 0 Å². The van der Waals surface area contributed by atoms with Crippen LogP contribution in [-0.4, -0.2) is 62.7 Å². The van der Waals surface area contributed by atoms with Gasteiger partial charge in [0.05, 0.1) is 41.8 Å². The second-order valence-corrected chi connectivity index (χ2v) is 14.3. The largest absolute Gasteiger partial charge is 0.490 e. The molecule has 0 unspecified atom stereocenters. The Labute approximate surface area is 286 Å². The van der Waals surface area contributed by atoms with Crippen LogP contribution in [0.2, 0.25) is 0 Å². The number of hydrogen-bond acceptors (Lipinski definition) is 8. The average molecular weight is 665 g/mol. The van der Waals surface area contributed by atoms with Crippen LogP contribution in [0.5, 0.6) is 5.75 Å². The van der Waals surface area contributed by atoms with E-state index in [1.807, 2.05) is 65.8 Å². The molecule has 1 N–H and O–H groups in total. The van der Waals surface area contributed by atoms with Crippen molar-refractivity contribution in [2.45, 2.75) is 131 Å². The first-order valence-corrected chi connectivity index (χ1v) is 17.4. The second-order valence-electron chi connectivity index (χ2n) is 14.3. The highest BCUT2D eigenvalue weighted by molar-refractivity contribution is 5.78. The zero-order valence-corrected chi connectivity index (χ0v) is 30.3. The van der Waals surface area contributed by atoms with Crippen molar-refractivity contribution < 1.29 is 28.8 Å². The minimum atomic E-state index is -1.22. The molecule has 1 aliphatic rings. The van der Waals surface area contributed by atoms with Crippen molar-refractivity contribution in [3.05, 3.63) is 65.0 Å². The molecule has 1 aromatic carbocycles. The molecule has 10 nitrogen and oxygen atoms in total. The van der Waals surface area contributed by atoms with E-state index in [1.165, 1.54) is 0 Å². The summed E-state index contributed by atoms with van der Waals surface area (Å²) in [6.45, 7) is 22.4. The van der Waals surface area contributed by atoms with E-state index in [2.05, 4.69) is 31.4 Å². The van der Waals surface area contributed by atoms with Crippen LogP contribution in [0.3, 0.4) is 0 Å². The van der Waals surface area contributed by atoms with Crippen molar-refractivity contribution in [1.29, 1.82) is 0 Å². The number of ether oxygens (including phenoxy) is 4. The molecular weight excluding hydrogens is 608 g/mol. The molecule has 3 aromatic rings. The van der Waals surface area contributed by atoms with Gasteiger partial charge >= 0.3 is 5.97 Å². The van der Waals surface area contributed by atoms with Crippen molar-refractivity contribution in [2.75, 3.05) is 24.6 Å². The number of aromatic nitrogens is 3. The van der Waals surface area contributed by atoms with Crippen LogP contribution in [0.4, 0.5) is 5.82 Å². The topological polar surface area (TPSA) is 108 Å². The van der Waals surface area contributed by atoms with E-state index in [1.54, 1.807) is 4.52 Å². The van der Waals surface area contributed by atoms with E-state index in [0.717, 1.165) is 62.0 Å². The highest BCUT2D eigenvalue weighted by Gasteiger charge is 2.37. The number of benzene rings is 1. The van der Waals surface area contributed by atoms with E-state index in [-0.39, 0.29) is 18.3 Å². The van der Waals surface area contributed by atoms with Gasteiger partial charge in [-0.1, -0.05) is 43.5 Å². The normalized spacial score (nSPS) is 16.2. The summed E-state index contributed by atoms with van der Waals surface area (Å²) in [6, 6.07) is 8.00. The summed E-state index contributed by atoms with van der Waals surface area (Å²) in [7, 11) is 0. The molecule has 3 heterocycles. The minimum Gasteiger partial charge on any atom is -0.490 e. The third kappa shape index (κ3) is 9.80. The molecule has 1 aliphatic heterocycles. The lowest BCUT2D eigenvalue weighted by atomic mass is 9.92. The van der Waals surface area contributed by atoms with Gasteiger partial charge in [-0.15, -0.1) is 6.58 Å². The van der Waals surface area contributed by atoms with Crippen LogP contribution in [0.1, 0.15) is 114 Å². The fourth-order valence-corrected chi connectivity index (χ4v) is 6.14. The van der Waals surface area contributed by atoms with Gasteiger partial charge in [0.2, 0.25) is 0 Å². The Morgan fingerprint density at radius 2 is 1.88 bits per heavy atom. The van der Waals surface area contributed by atoms with Crippen molar-refractivity contribution in [1.82, 2.24) is 14.6 Å². The van der Waals surface area contributed by atoms with E-state index < -0.39 is 17.7 Å². The maximum atomic E-state index is 12.8. The van der Waals surface area contributed by atoms with Crippen molar-refractivity contribution in [2.24, 2.45) is 0 Å². The van der Waals surface area contributed by atoms with E-state index >= 15 is 0 Å². The lowest BCUT2D eigenvalue weighted by Crippen LogP contribution is -2.46. The van der Waals surface area contributed by atoms with E-state index in [0.29, 0.717) is 48.1 Å². The molecule has 264 valence electrons. The highest BCUT2D eigenvalue weighted by Crippen LogP contribution is 2.38. The number of carboxylic acids is 1. The third-order valence-corrected chi connectivity index (χ3v) is 8.68. The number of fused-ring (bicyclic) bond motifs is 1. The maximum Gasteiger partial charge on any atom is 0.337 e. The Kier molecular flexibility index (Phi) is 12.7. The molecule has 10 heteroatoms. The van der Waals surface area contributed by atoms with Gasteiger partial charge in [-0.25, -0.2) is 9.78 Å². The van der Waals surface area contributed by atoms with Gasteiger partial charge in [-0.05, 0) is 73.8 Å². The monoisotopic (exact) mass is 664 g/mol. The van der Waals surface area contributed by atoms with Gasteiger partial charge < -0.3 is 29.0 Å². The number of carboxylic acid groups (broad SMARTS) is 1. The first-order chi connectivity index (χ1) is 22.7. The zero-order valence-electron chi connectivity index (χ0n) is 30.3. The van der Waals surface area contributed by atoms with Crippen LogP contribution >= 0.6 is 0 Å². The predicted molar refractivity (Wildman–Crippen MR) is 189 cm³/mol. The molecule has 0 bridgehead atoms. The number of aryl methyl sites for hydroxylation is 2. The molecular formula is C38H56N4O6. The smallest absolute Gasteiger partial charge is 0.337 e.